The Morgan fingerprint density at radius 2 is 1.62 bits per heavy atom. The van der Waals surface area contributed by atoms with Crippen molar-refractivity contribution in [3.8, 4) is 10.4 Å². The SMILES string of the molecule is CCC.CCCN(CCC)Cc1cn2cc(-c3ccc(F)cc3)sc2n1. The van der Waals surface area contributed by atoms with Gasteiger partial charge in [0.25, 0.3) is 0 Å². The quantitative estimate of drug-likeness (QED) is 0.487. The van der Waals surface area contributed by atoms with Crippen LogP contribution in [0.5, 0.6) is 0 Å². The van der Waals surface area contributed by atoms with E-state index in [2.05, 4.69) is 49.4 Å². The fraction of sp³-hybridized carbons (Fsp3) is 0.476. The van der Waals surface area contributed by atoms with Gasteiger partial charge in [0.2, 0.25) is 0 Å². The molecule has 0 amide bonds. The molecule has 0 radical (unpaired) electrons. The Hall–Kier alpha value is -1.72. The van der Waals surface area contributed by atoms with Gasteiger partial charge in [-0.2, -0.15) is 0 Å². The van der Waals surface area contributed by atoms with Gasteiger partial charge in [-0.15, -0.1) is 0 Å². The molecule has 2 aromatic heterocycles. The Morgan fingerprint density at radius 1 is 1.00 bits per heavy atom. The van der Waals surface area contributed by atoms with Crippen LogP contribution in [0.25, 0.3) is 15.4 Å². The molecule has 5 heteroatoms. The first-order chi connectivity index (χ1) is 12.6. The highest BCUT2D eigenvalue weighted by Crippen LogP contribution is 2.28. The highest BCUT2D eigenvalue weighted by molar-refractivity contribution is 7.20. The molecule has 0 bridgehead atoms. The molecule has 0 aliphatic carbocycles. The molecular formula is C21H30FN3S. The van der Waals surface area contributed by atoms with Crippen molar-refractivity contribution in [1.82, 2.24) is 14.3 Å². The van der Waals surface area contributed by atoms with Crippen molar-refractivity contribution < 1.29 is 4.39 Å². The van der Waals surface area contributed by atoms with Gasteiger partial charge in [0.05, 0.1) is 10.6 Å². The smallest absolute Gasteiger partial charge is 0.194 e. The third-order valence-electron chi connectivity index (χ3n) is 3.80. The zero-order valence-electron chi connectivity index (χ0n) is 16.3. The predicted molar refractivity (Wildman–Crippen MR) is 110 cm³/mol. The topological polar surface area (TPSA) is 20.5 Å². The van der Waals surface area contributed by atoms with E-state index in [1.807, 2.05) is 12.1 Å². The van der Waals surface area contributed by atoms with Gasteiger partial charge in [-0.3, -0.25) is 9.30 Å². The maximum Gasteiger partial charge on any atom is 0.194 e. The Morgan fingerprint density at radius 3 is 2.15 bits per heavy atom. The number of nitrogens with zero attached hydrogens (tertiary/aromatic N) is 3. The van der Waals surface area contributed by atoms with Crippen molar-refractivity contribution in [2.75, 3.05) is 13.1 Å². The Bertz CT molecular complexity index is 739. The van der Waals surface area contributed by atoms with Crippen LogP contribution in [0.2, 0.25) is 0 Å². The molecule has 3 aromatic rings. The van der Waals surface area contributed by atoms with Crippen LogP contribution >= 0.6 is 11.3 Å². The zero-order chi connectivity index (χ0) is 18.9. The minimum Gasteiger partial charge on any atom is -0.297 e. The summed E-state index contributed by atoms with van der Waals surface area (Å²) in [5.41, 5.74) is 2.14. The second kappa shape index (κ2) is 10.4. The van der Waals surface area contributed by atoms with Gasteiger partial charge in [-0.1, -0.05) is 57.6 Å². The molecule has 0 N–H and O–H groups in total. The van der Waals surface area contributed by atoms with Crippen molar-refractivity contribution in [2.24, 2.45) is 0 Å². The molecule has 3 rings (SSSR count). The number of rotatable bonds is 7. The van der Waals surface area contributed by atoms with E-state index in [0.717, 1.165) is 53.6 Å². The summed E-state index contributed by atoms with van der Waals surface area (Å²) >= 11 is 1.64. The fourth-order valence-electron chi connectivity index (χ4n) is 2.80. The lowest BCUT2D eigenvalue weighted by Gasteiger charge is -2.19. The normalized spacial score (nSPS) is 11.0. The van der Waals surface area contributed by atoms with Crippen LogP contribution in [-0.2, 0) is 6.54 Å². The molecule has 0 atom stereocenters. The monoisotopic (exact) mass is 375 g/mol. The van der Waals surface area contributed by atoms with E-state index in [0.29, 0.717) is 0 Å². The molecule has 0 spiro atoms. The molecule has 2 heterocycles. The lowest BCUT2D eigenvalue weighted by atomic mass is 10.2. The minimum atomic E-state index is -0.204. The second-order valence-corrected chi connectivity index (χ2v) is 7.52. The number of aromatic nitrogens is 2. The van der Waals surface area contributed by atoms with E-state index in [4.69, 9.17) is 4.98 Å². The summed E-state index contributed by atoms with van der Waals surface area (Å²) in [7, 11) is 0. The van der Waals surface area contributed by atoms with Gasteiger partial charge in [-0.05, 0) is 43.6 Å². The highest BCUT2D eigenvalue weighted by Gasteiger charge is 2.11. The summed E-state index contributed by atoms with van der Waals surface area (Å²) in [6.45, 7) is 11.8. The summed E-state index contributed by atoms with van der Waals surface area (Å²) in [5.74, 6) is -0.204. The van der Waals surface area contributed by atoms with Gasteiger partial charge >= 0.3 is 0 Å². The van der Waals surface area contributed by atoms with Crippen LogP contribution < -0.4 is 0 Å². The fourth-order valence-corrected chi connectivity index (χ4v) is 3.79. The maximum atomic E-state index is 13.0. The van der Waals surface area contributed by atoms with E-state index >= 15 is 0 Å². The number of halogens is 1. The van der Waals surface area contributed by atoms with Crippen molar-refractivity contribution in [2.45, 2.75) is 53.5 Å². The summed E-state index contributed by atoms with van der Waals surface area (Å²) in [4.78, 5) is 9.30. The number of hydrogen-bond acceptors (Lipinski definition) is 3. The average Bonchev–Trinajstić information content (AvgIpc) is 3.15. The number of imidazole rings is 1. The summed E-state index contributed by atoms with van der Waals surface area (Å²) < 4.78 is 15.1. The van der Waals surface area contributed by atoms with E-state index in [9.17, 15) is 4.39 Å². The van der Waals surface area contributed by atoms with Crippen molar-refractivity contribution in [1.29, 1.82) is 0 Å². The lowest BCUT2D eigenvalue weighted by molar-refractivity contribution is 0.264. The van der Waals surface area contributed by atoms with Gasteiger partial charge in [-0.25, -0.2) is 9.37 Å². The maximum absolute atomic E-state index is 13.0. The van der Waals surface area contributed by atoms with Crippen molar-refractivity contribution >= 4 is 16.3 Å². The zero-order valence-corrected chi connectivity index (χ0v) is 17.2. The molecule has 0 saturated carbocycles. The molecular weight excluding hydrogens is 345 g/mol. The third-order valence-corrected chi connectivity index (χ3v) is 4.85. The van der Waals surface area contributed by atoms with E-state index in [1.54, 1.807) is 11.3 Å². The molecule has 26 heavy (non-hydrogen) atoms. The molecule has 0 unspecified atom stereocenters. The van der Waals surface area contributed by atoms with Crippen LogP contribution in [0, 0.1) is 5.82 Å². The van der Waals surface area contributed by atoms with E-state index in [-0.39, 0.29) is 5.82 Å². The molecule has 142 valence electrons. The van der Waals surface area contributed by atoms with Gasteiger partial charge in [0.15, 0.2) is 4.96 Å². The standard InChI is InChI=1S/C18H22FN3S.C3H8/c1-3-9-21(10-4-2)11-16-12-22-13-17(23-18(22)20-16)14-5-7-15(19)8-6-14;1-3-2/h5-8,12-13H,3-4,9-11H2,1-2H3;3H2,1-2H3. The van der Waals surface area contributed by atoms with Gasteiger partial charge < -0.3 is 0 Å². The number of hydrogen-bond donors (Lipinski definition) is 0. The van der Waals surface area contributed by atoms with Crippen molar-refractivity contribution in [3.63, 3.8) is 0 Å². The highest BCUT2D eigenvalue weighted by atomic mass is 32.1. The lowest BCUT2D eigenvalue weighted by Crippen LogP contribution is -2.25. The third kappa shape index (κ3) is 5.64. The molecule has 0 fully saturated rings. The Labute approximate surface area is 160 Å². The predicted octanol–water partition coefficient (Wildman–Crippen LogP) is 6.24. The van der Waals surface area contributed by atoms with E-state index in [1.165, 1.54) is 18.6 Å². The second-order valence-electron chi connectivity index (χ2n) is 6.51. The first-order valence-electron chi connectivity index (χ1n) is 9.56. The first-order valence-corrected chi connectivity index (χ1v) is 10.4. The molecule has 0 saturated heterocycles. The molecule has 3 nitrogen and oxygen atoms in total. The number of benzene rings is 1. The average molecular weight is 376 g/mol. The Kier molecular flexibility index (Phi) is 8.26. The molecule has 1 aromatic carbocycles. The van der Waals surface area contributed by atoms with Crippen molar-refractivity contribution in [3.05, 3.63) is 48.2 Å². The number of fused-ring (bicyclic) bond motifs is 1. The molecule has 0 aliphatic heterocycles. The van der Waals surface area contributed by atoms with Gasteiger partial charge in [0.1, 0.15) is 5.82 Å². The van der Waals surface area contributed by atoms with Crippen LogP contribution in [0.15, 0.2) is 36.7 Å². The largest absolute Gasteiger partial charge is 0.297 e. The summed E-state index contributed by atoms with van der Waals surface area (Å²) in [5, 5.41) is 0. The van der Waals surface area contributed by atoms with Crippen LogP contribution in [0.4, 0.5) is 4.39 Å². The Balaban J connectivity index is 0.000000758. The number of thiazole rings is 1. The van der Waals surface area contributed by atoms with Crippen LogP contribution in [0.1, 0.15) is 52.7 Å². The minimum absolute atomic E-state index is 0.204. The van der Waals surface area contributed by atoms with Crippen LogP contribution in [0.3, 0.4) is 0 Å². The summed E-state index contributed by atoms with van der Waals surface area (Å²) in [6.07, 6.45) is 7.76. The molecule has 0 aliphatic rings. The van der Waals surface area contributed by atoms with Gasteiger partial charge in [0, 0.05) is 18.9 Å². The first kappa shape index (κ1) is 20.6. The summed E-state index contributed by atoms with van der Waals surface area (Å²) in [6, 6.07) is 6.62. The van der Waals surface area contributed by atoms with E-state index < -0.39 is 0 Å². The van der Waals surface area contributed by atoms with Crippen LogP contribution in [-0.4, -0.2) is 27.4 Å².